The van der Waals surface area contributed by atoms with Crippen molar-refractivity contribution >= 4 is 17.6 Å². The SMILES string of the molecule is C[C@H](Cc1ccccc1-c1ccc(OCC(=O)O)cc1)NC[C@H](O)c1cccc(Cl)c1. The van der Waals surface area contributed by atoms with E-state index in [1.807, 2.05) is 36.4 Å². The van der Waals surface area contributed by atoms with E-state index in [4.69, 9.17) is 21.4 Å². The Hall–Kier alpha value is -2.86. The van der Waals surface area contributed by atoms with Crippen LogP contribution < -0.4 is 10.1 Å². The van der Waals surface area contributed by atoms with Gasteiger partial charge in [-0.1, -0.05) is 60.1 Å². The van der Waals surface area contributed by atoms with E-state index in [9.17, 15) is 9.90 Å². The number of benzene rings is 3. The standard InChI is InChI=1S/C25H26ClNO4/c1-17(27-15-24(28)20-6-4-7-21(26)14-20)13-19-5-2-3-8-23(19)18-9-11-22(12-10-18)31-16-25(29)30/h2-12,14,17,24,27-28H,13,15-16H2,1H3,(H,29,30)/t17-,24+/m1/s1. The Balaban J connectivity index is 1.62. The molecule has 6 heteroatoms. The molecule has 0 aliphatic rings. The van der Waals surface area contributed by atoms with E-state index in [2.05, 4.69) is 24.4 Å². The molecule has 0 fully saturated rings. The highest BCUT2D eigenvalue weighted by molar-refractivity contribution is 6.30. The van der Waals surface area contributed by atoms with Crippen molar-refractivity contribution in [2.24, 2.45) is 0 Å². The zero-order chi connectivity index (χ0) is 22.2. The van der Waals surface area contributed by atoms with Crippen LogP contribution in [-0.2, 0) is 11.2 Å². The molecule has 3 N–H and O–H groups in total. The van der Waals surface area contributed by atoms with Gasteiger partial charge in [-0.25, -0.2) is 4.79 Å². The summed E-state index contributed by atoms with van der Waals surface area (Å²) in [5.74, 6) is -0.481. The normalized spacial score (nSPS) is 12.9. The van der Waals surface area contributed by atoms with Crippen LogP contribution in [0.1, 0.15) is 24.2 Å². The Morgan fingerprint density at radius 2 is 1.81 bits per heavy atom. The number of aliphatic hydroxyl groups is 1. The number of hydrogen-bond donors (Lipinski definition) is 3. The molecule has 31 heavy (non-hydrogen) atoms. The van der Waals surface area contributed by atoms with Crippen molar-refractivity contribution in [1.82, 2.24) is 5.32 Å². The predicted octanol–water partition coefficient (Wildman–Crippen LogP) is 4.72. The average Bonchev–Trinajstić information content (AvgIpc) is 2.77. The van der Waals surface area contributed by atoms with Crippen LogP contribution in [0.2, 0.25) is 5.02 Å². The Labute approximate surface area is 187 Å². The van der Waals surface area contributed by atoms with E-state index < -0.39 is 12.1 Å². The first kappa shape index (κ1) is 22.8. The fraction of sp³-hybridized carbons (Fsp3) is 0.240. The molecule has 0 aliphatic carbocycles. The third-order valence-electron chi connectivity index (χ3n) is 4.96. The van der Waals surface area contributed by atoms with E-state index in [1.54, 1.807) is 24.3 Å². The predicted molar refractivity (Wildman–Crippen MR) is 123 cm³/mol. The van der Waals surface area contributed by atoms with Gasteiger partial charge >= 0.3 is 5.97 Å². The molecule has 5 nitrogen and oxygen atoms in total. The Kier molecular flexibility index (Phi) is 8.06. The van der Waals surface area contributed by atoms with E-state index in [-0.39, 0.29) is 12.6 Å². The number of hydrogen-bond acceptors (Lipinski definition) is 4. The van der Waals surface area contributed by atoms with Gasteiger partial charge in [0.1, 0.15) is 5.75 Å². The summed E-state index contributed by atoms with van der Waals surface area (Å²) in [6, 6.07) is 23.0. The lowest BCUT2D eigenvalue weighted by Crippen LogP contribution is -2.32. The van der Waals surface area contributed by atoms with Gasteiger partial charge in [-0.05, 0) is 59.9 Å². The Morgan fingerprint density at radius 1 is 1.06 bits per heavy atom. The van der Waals surface area contributed by atoms with Crippen molar-refractivity contribution in [1.29, 1.82) is 0 Å². The van der Waals surface area contributed by atoms with Crippen molar-refractivity contribution in [3.63, 3.8) is 0 Å². The molecule has 162 valence electrons. The van der Waals surface area contributed by atoms with Gasteiger partial charge in [-0.2, -0.15) is 0 Å². The second-order valence-electron chi connectivity index (χ2n) is 7.45. The molecule has 0 saturated carbocycles. The molecule has 3 rings (SSSR count). The molecule has 0 aromatic heterocycles. The van der Waals surface area contributed by atoms with Gasteiger partial charge in [-0.15, -0.1) is 0 Å². The Bertz CT molecular complexity index is 1010. The van der Waals surface area contributed by atoms with Gasteiger partial charge < -0.3 is 20.3 Å². The van der Waals surface area contributed by atoms with Gasteiger partial charge in [0.2, 0.25) is 0 Å². The molecule has 0 bridgehead atoms. The summed E-state index contributed by atoms with van der Waals surface area (Å²) >= 11 is 6.01. The van der Waals surface area contributed by atoms with Crippen LogP contribution in [0.4, 0.5) is 0 Å². The highest BCUT2D eigenvalue weighted by atomic mass is 35.5. The highest BCUT2D eigenvalue weighted by Gasteiger charge is 2.13. The van der Waals surface area contributed by atoms with Gasteiger partial charge in [0.15, 0.2) is 6.61 Å². The molecule has 3 aromatic rings. The van der Waals surface area contributed by atoms with Crippen LogP contribution in [-0.4, -0.2) is 35.4 Å². The number of halogens is 1. The van der Waals surface area contributed by atoms with Gasteiger partial charge in [-0.3, -0.25) is 0 Å². The number of aliphatic hydroxyl groups excluding tert-OH is 1. The maximum absolute atomic E-state index is 10.6. The number of ether oxygens (including phenoxy) is 1. The summed E-state index contributed by atoms with van der Waals surface area (Å²) in [4.78, 5) is 10.6. The van der Waals surface area contributed by atoms with Crippen LogP contribution in [0.25, 0.3) is 11.1 Å². The second-order valence-corrected chi connectivity index (χ2v) is 7.88. The molecule has 0 unspecified atom stereocenters. The topological polar surface area (TPSA) is 78.8 Å². The van der Waals surface area contributed by atoms with Crippen LogP contribution in [0, 0.1) is 0 Å². The third kappa shape index (κ3) is 6.82. The quantitative estimate of drug-likeness (QED) is 0.426. The summed E-state index contributed by atoms with van der Waals surface area (Å²) in [5.41, 5.74) is 4.11. The third-order valence-corrected chi connectivity index (χ3v) is 5.20. The van der Waals surface area contributed by atoms with Crippen molar-refractivity contribution in [2.75, 3.05) is 13.2 Å². The van der Waals surface area contributed by atoms with Gasteiger partial charge in [0.25, 0.3) is 0 Å². The molecule has 0 amide bonds. The second kappa shape index (κ2) is 11.0. The van der Waals surface area contributed by atoms with E-state index in [1.165, 1.54) is 5.56 Å². The van der Waals surface area contributed by atoms with Crippen molar-refractivity contribution in [3.8, 4) is 16.9 Å². The summed E-state index contributed by atoms with van der Waals surface area (Å²) < 4.78 is 5.21. The number of carbonyl (C=O) groups is 1. The zero-order valence-corrected chi connectivity index (χ0v) is 18.0. The van der Waals surface area contributed by atoms with Crippen LogP contribution >= 0.6 is 11.6 Å². The molecule has 0 radical (unpaired) electrons. The first-order valence-corrected chi connectivity index (χ1v) is 10.5. The molecule has 2 atom stereocenters. The largest absolute Gasteiger partial charge is 0.482 e. The maximum Gasteiger partial charge on any atom is 0.341 e. The van der Waals surface area contributed by atoms with Crippen molar-refractivity contribution < 1.29 is 19.7 Å². The number of carboxylic acids is 1. The average molecular weight is 440 g/mol. The fourth-order valence-corrected chi connectivity index (χ4v) is 3.60. The molecular formula is C25H26ClNO4. The molecule has 3 aromatic carbocycles. The van der Waals surface area contributed by atoms with Crippen LogP contribution in [0.15, 0.2) is 72.8 Å². The van der Waals surface area contributed by atoms with Gasteiger partial charge in [0.05, 0.1) is 6.10 Å². The lowest BCUT2D eigenvalue weighted by atomic mass is 9.95. The minimum atomic E-state index is -1.00. The molecular weight excluding hydrogens is 414 g/mol. The first-order valence-electron chi connectivity index (χ1n) is 10.1. The molecule has 0 aliphatic heterocycles. The lowest BCUT2D eigenvalue weighted by Gasteiger charge is -2.19. The van der Waals surface area contributed by atoms with E-state index >= 15 is 0 Å². The van der Waals surface area contributed by atoms with Crippen LogP contribution in [0.5, 0.6) is 5.75 Å². The van der Waals surface area contributed by atoms with E-state index in [0.717, 1.165) is 23.1 Å². The maximum atomic E-state index is 10.6. The first-order chi connectivity index (χ1) is 14.9. The number of carboxylic acid groups (broad SMARTS) is 1. The van der Waals surface area contributed by atoms with Crippen molar-refractivity contribution in [2.45, 2.75) is 25.5 Å². The number of aliphatic carboxylic acids is 1. The number of nitrogens with one attached hydrogen (secondary N) is 1. The monoisotopic (exact) mass is 439 g/mol. The molecule has 0 spiro atoms. The molecule has 0 saturated heterocycles. The zero-order valence-electron chi connectivity index (χ0n) is 17.3. The lowest BCUT2D eigenvalue weighted by molar-refractivity contribution is -0.139. The van der Waals surface area contributed by atoms with Gasteiger partial charge in [0, 0.05) is 17.6 Å². The summed E-state index contributed by atoms with van der Waals surface area (Å²) in [5, 5.41) is 23.2. The smallest absolute Gasteiger partial charge is 0.341 e. The Morgan fingerprint density at radius 3 is 2.52 bits per heavy atom. The van der Waals surface area contributed by atoms with Crippen LogP contribution in [0.3, 0.4) is 0 Å². The fourth-order valence-electron chi connectivity index (χ4n) is 3.40. The molecule has 0 heterocycles. The number of rotatable bonds is 10. The summed E-state index contributed by atoms with van der Waals surface area (Å²) in [6.07, 6.45) is 0.158. The van der Waals surface area contributed by atoms with E-state index in [0.29, 0.717) is 17.3 Å². The van der Waals surface area contributed by atoms with Crippen molar-refractivity contribution in [3.05, 3.63) is 88.9 Å². The summed E-state index contributed by atoms with van der Waals surface area (Å²) in [7, 11) is 0. The summed E-state index contributed by atoms with van der Waals surface area (Å²) in [6.45, 7) is 2.16. The minimum absolute atomic E-state index is 0.146. The highest BCUT2D eigenvalue weighted by Crippen LogP contribution is 2.27. The minimum Gasteiger partial charge on any atom is -0.482 e.